The number of hydrogen-bond acceptors (Lipinski definition) is 5. The van der Waals surface area contributed by atoms with Crippen LogP contribution in [-0.2, 0) is 22.3 Å². The Morgan fingerprint density at radius 1 is 0.657 bits per heavy atom. The molecule has 0 bridgehead atoms. The van der Waals surface area contributed by atoms with Crippen LogP contribution in [0.5, 0.6) is 11.5 Å². The van der Waals surface area contributed by atoms with Crippen LogP contribution in [0.1, 0.15) is 11.1 Å². The number of hydrogen-bond donors (Lipinski definition) is 1. The van der Waals surface area contributed by atoms with Gasteiger partial charge in [-0.3, -0.25) is 0 Å². The lowest BCUT2D eigenvalue weighted by atomic mass is 10.1. The second kappa shape index (κ2) is 11.9. The molecule has 0 heterocycles. The molecule has 0 saturated carbocycles. The van der Waals surface area contributed by atoms with Crippen LogP contribution in [0.15, 0.2) is 121 Å². The summed E-state index contributed by atoms with van der Waals surface area (Å²) in [5.74, 6) is -0.290. The molecule has 35 heavy (non-hydrogen) atoms. The number of alkyl carbamates (subject to hydrolysis) is 1. The molecule has 0 aromatic heterocycles. The van der Waals surface area contributed by atoms with Crippen LogP contribution < -0.4 is 14.4 Å². The summed E-state index contributed by atoms with van der Waals surface area (Å²) >= 11 is 0. The predicted molar refractivity (Wildman–Crippen MR) is 135 cm³/mol. The topological polar surface area (TPSA) is 73.9 Å². The highest BCUT2D eigenvalue weighted by Crippen LogP contribution is 2.53. The van der Waals surface area contributed by atoms with Gasteiger partial charge in [0.25, 0.3) is 0 Å². The monoisotopic (exact) mass is 487 g/mol. The van der Waals surface area contributed by atoms with Crippen molar-refractivity contribution in [3.63, 3.8) is 0 Å². The van der Waals surface area contributed by atoms with Gasteiger partial charge in [0.1, 0.15) is 18.1 Å². The van der Waals surface area contributed by atoms with E-state index >= 15 is 0 Å². The van der Waals surface area contributed by atoms with E-state index < -0.39 is 19.5 Å². The third-order valence-corrected chi connectivity index (χ3v) is 7.11. The van der Waals surface area contributed by atoms with E-state index in [1.165, 1.54) is 0 Å². The van der Waals surface area contributed by atoms with Gasteiger partial charge >= 0.3 is 13.7 Å². The van der Waals surface area contributed by atoms with Crippen molar-refractivity contribution in [2.45, 2.75) is 18.8 Å². The average molecular weight is 487 g/mol. The van der Waals surface area contributed by atoms with Gasteiger partial charge in [-0.25, -0.2) is 9.36 Å². The van der Waals surface area contributed by atoms with Crippen molar-refractivity contribution in [2.75, 3.05) is 0 Å². The second-order valence-electron chi connectivity index (χ2n) is 7.76. The molecule has 1 amide bonds. The first kappa shape index (κ1) is 24.1. The van der Waals surface area contributed by atoms with E-state index in [1.54, 1.807) is 48.5 Å². The molecule has 0 radical (unpaired) electrons. The largest absolute Gasteiger partial charge is 0.453 e. The molecular formula is C28H26NO5P. The van der Waals surface area contributed by atoms with Crippen molar-refractivity contribution in [3.8, 4) is 11.5 Å². The third-order valence-electron chi connectivity index (χ3n) is 5.10. The molecule has 7 heteroatoms. The molecule has 0 aliphatic heterocycles. The highest BCUT2D eigenvalue weighted by atomic mass is 31.2. The Bertz CT molecular complexity index is 1190. The number of carbonyl (C=O) groups excluding carboxylic acids is 1. The first-order valence-corrected chi connectivity index (χ1v) is 12.8. The Hall–Kier alpha value is -4.02. The number of ether oxygens (including phenoxy) is 1. The fourth-order valence-corrected chi connectivity index (χ4v) is 5.20. The van der Waals surface area contributed by atoms with E-state index in [1.807, 2.05) is 72.8 Å². The van der Waals surface area contributed by atoms with Crippen molar-refractivity contribution >= 4 is 13.7 Å². The maximum Gasteiger partial charge on any atom is 0.453 e. The molecule has 0 spiro atoms. The number of rotatable bonds is 10. The summed E-state index contributed by atoms with van der Waals surface area (Å²) in [5, 5.41) is 2.74. The van der Waals surface area contributed by atoms with E-state index in [0.29, 0.717) is 11.5 Å². The minimum atomic E-state index is -4.00. The Morgan fingerprint density at radius 2 is 1.09 bits per heavy atom. The normalized spacial score (nSPS) is 11.8. The number of para-hydroxylation sites is 2. The summed E-state index contributed by atoms with van der Waals surface area (Å²) in [4.78, 5) is 12.8. The highest BCUT2D eigenvalue weighted by Gasteiger charge is 2.41. The molecule has 4 rings (SSSR count). The Balaban J connectivity index is 1.61. The summed E-state index contributed by atoms with van der Waals surface area (Å²) in [5.41, 5.74) is 1.70. The van der Waals surface area contributed by atoms with Crippen molar-refractivity contribution in [1.82, 2.24) is 5.32 Å². The van der Waals surface area contributed by atoms with E-state index in [-0.39, 0.29) is 13.0 Å². The fourth-order valence-electron chi connectivity index (χ4n) is 3.38. The van der Waals surface area contributed by atoms with Gasteiger partial charge in [0, 0.05) is 6.42 Å². The summed E-state index contributed by atoms with van der Waals surface area (Å²) < 4.78 is 31.7. The first-order valence-electron chi connectivity index (χ1n) is 11.2. The lowest BCUT2D eigenvalue weighted by Gasteiger charge is -2.28. The van der Waals surface area contributed by atoms with Crippen LogP contribution in [0.2, 0.25) is 0 Å². The van der Waals surface area contributed by atoms with Crippen LogP contribution >= 0.6 is 7.60 Å². The van der Waals surface area contributed by atoms with Crippen molar-refractivity contribution in [1.29, 1.82) is 0 Å². The van der Waals surface area contributed by atoms with Gasteiger partial charge in [-0.15, -0.1) is 0 Å². The molecule has 0 saturated heterocycles. The SMILES string of the molecule is O=C(N[C@H](Cc1ccccc1)P(=O)(Oc1ccccc1)Oc1ccccc1)OCc1ccccc1. The van der Waals surface area contributed by atoms with E-state index in [4.69, 9.17) is 13.8 Å². The van der Waals surface area contributed by atoms with Crippen molar-refractivity contribution < 1.29 is 23.1 Å². The van der Waals surface area contributed by atoms with Gasteiger partial charge in [-0.2, -0.15) is 0 Å². The lowest BCUT2D eigenvalue weighted by Crippen LogP contribution is -2.39. The van der Waals surface area contributed by atoms with E-state index in [2.05, 4.69) is 5.32 Å². The zero-order valence-corrected chi connectivity index (χ0v) is 19.9. The van der Waals surface area contributed by atoms with Crippen LogP contribution in [0.25, 0.3) is 0 Å². The molecule has 178 valence electrons. The number of nitrogens with one attached hydrogen (secondary N) is 1. The summed E-state index contributed by atoms with van der Waals surface area (Å²) in [6.45, 7) is 0.0775. The molecular weight excluding hydrogens is 461 g/mol. The smallest absolute Gasteiger partial charge is 0.445 e. The summed E-state index contributed by atoms with van der Waals surface area (Å²) in [6, 6.07) is 36.3. The molecule has 0 aliphatic rings. The van der Waals surface area contributed by atoms with Crippen molar-refractivity contribution in [3.05, 3.63) is 132 Å². The van der Waals surface area contributed by atoms with E-state index in [9.17, 15) is 9.36 Å². The number of amides is 1. The standard InChI is InChI=1S/C28H26NO5P/c30-28(32-22-24-15-7-2-8-16-24)29-27(21-23-13-5-1-6-14-23)35(31,33-25-17-9-3-10-18-25)34-26-19-11-4-12-20-26/h1-20,27H,21-22H2,(H,29,30)/t27-/m0/s1. The Labute approximate surface area is 205 Å². The maximum absolute atomic E-state index is 14.4. The minimum Gasteiger partial charge on any atom is -0.445 e. The maximum atomic E-state index is 14.4. The zero-order chi connectivity index (χ0) is 24.3. The van der Waals surface area contributed by atoms with Gasteiger partial charge in [-0.1, -0.05) is 97.1 Å². The summed E-state index contributed by atoms with van der Waals surface area (Å²) in [6.07, 6.45) is -0.513. The van der Waals surface area contributed by atoms with Crippen LogP contribution in [0.3, 0.4) is 0 Å². The third kappa shape index (κ3) is 7.23. The molecule has 0 unspecified atom stereocenters. The second-order valence-corrected chi connectivity index (χ2v) is 9.83. The molecule has 6 nitrogen and oxygen atoms in total. The van der Waals surface area contributed by atoms with Crippen LogP contribution in [0.4, 0.5) is 4.79 Å². The fraction of sp³-hybridized carbons (Fsp3) is 0.107. The molecule has 1 atom stereocenters. The first-order chi connectivity index (χ1) is 17.1. The quantitative estimate of drug-likeness (QED) is 0.248. The molecule has 4 aromatic carbocycles. The zero-order valence-electron chi connectivity index (χ0n) is 19.0. The molecule has 4 aromatic rings. The predicted octanol–water partition coefficient (Wildman–Crippen LogP) is 6.83. The number of carbonyl (C=O) groups is 1. The average Bonchev–Trinajstić information content (AvgIpc) is 2.89. The Kier molecular flexibility index (Phi) is 8.21. The molecule has 0 fully saturated rings. The minimum absolute atomic E-state index is 0.0775. The van der Waals surface area contributed by atoms with Crippen LogP contribution in [0, 0.1) is 0 Å². The highest BCUT2D eigenvalue weighted by molar-refractivity contribution is 7.55. The van der Waals surface area contributed by atoms with Crippen LogP contribution in [-0.4, -0.2) is 11.9 Å². The molecule has 1 N–H and O–H groups in total. The van der Waals surface area contributed by atoms with Crippen molar-refractivity contribution in [2.24, 2.45) is 0 Å². The lowest BCUT2D eigenvalue weighted by molar-refractivity contribution is 0.137. The summed E-state index contributed by atoms with van der Waals surface area (Å²) in [7, 11) is -4.00. The van der Waals surface area contributed by atoms with Gasteiger partial charge in [0.2, 0.25) is 0 Å². The molecule has 0 aliphatic carbocycles. The number of benzene rings is 4. The van der Waals surface area contributed by atoms with E-state index in [0.717, 1.165) is 11.1 Å². The van der Waals surface area contributed by atoms with Gasteiger partial charge in [0.05, 0.1) is 0 Å². The van der Waals surface area contributed by atoms with Gasteiger partial charge in [-0.05, 0) is 35.4 Å². The van der Waals surface area contributed by atoms with Gasteiger partial charge < -0.3 is 19.1 Å². The van der Waals surface area contributed by atoms with Gasteiger partial charge in [0.15, 0.2) is 5.78 Å². The Morgan fingerprint density at radius 3 is 1.57 bits per heavy atom.